The summed E-state index contributed by atoms with van der Waals surface area (Å²) in [7, 11) is 0. The van der Waals surface area contributed by atoms with Gasteiger partial charge in [-0.05, 0) is 32.2 Å². The van der Waals surface area contributed by atoms with E-state index >= 15 is 0 Å². The van der Waals surface area contributed by atoms with Gasteiger partial charge in [-0.15, -0.1) is 0 Å². The van der Waals surface area contributed by atoms with Crippen molar-refractivity contribution in [2.24, 2.45) is 5.92 Å². The topological polar surface area (TPSA) is 42.2 Å². The minimum Gasteiger partial charge on any atom is -0.338 e. The molecule has 0 spiro atoms. The third kappa shape index (κ3) is 2.91. The van der Waals surface area contributed by atoms with Crippen molar-refractivity contribution in [2.45, 2.75) is 58.9 Å². The van der Waals surface area contributed by atoms with Crippen molar-refractivity contribution < 1.29 is 4.52 Å². The van der Waals surface area contributed by atoms with Crippen LogP contribution in [0.5, 0.6) is 0 Å². The Morgan fingerprint density at radius 2 is 2.11 bits per heavy atom. The second kappa shape index (κ2) is 5.00. The van der Waals surface area contributed by atoms with Gasteiger partial charge in [0.25, 0.3) is 0 Å². The van der Waals surface area contributed by atoms with Gasteiger partial charge in [-0.3, -0.25) is 4.90 Å². The third-order valence-corrected chi connectivity index (χ3v) is 3.71. The molecule has 0 N–H and O–H groups in total. The lowest BCUT2D eigenvalue weighted by atomic mass is 9.96. The number of hydrogen-bond donors (Lipinski definition) is 0. The third-order valence-electron chi connectivity index (χ3n) is 3.71. The molecule has 1 aliphatic heterocycles. The minimum atomic E-state index is -0.0450. The Balaban J connectivity index is 2.09. The fourth-order valence-electron chi connectivity index (χ4n) is 2.44. The molecule has 4 nitrogen and oxygen atoms in total. The van der Waals surface area contributed by atoms with E-state index in [-0.39, 0.29) is 11.5 Å². The Morgan fingerprint density at radius 3 is 2.67 bits per heavy atom. The maximum absolute atomic E-state index is 5.44. The van der Waals surface area contributed by atoms with Gasteiger partial charge in [0, 0.05) is 12.0 Å². The summed E-state index contributed by atoms with van der Waals surface area (Å²) in [5.41, 5.74) is -0.0450. The van der Waals surface area contributed by atoms with Gasteiger partial charge >= 0.3 is 0 Å². The Kier molecular flexibility index (Phi) is 3.76. The highest BCUT2D eigenvalue weighted by Gasteiger charge is 2.28. The van der Waals surface area contributed by atoms with Crippen LogP contribution in [-0.2, 0) is 5.41 Å². The number of hydrogen-bond acceptors (Lipinski definition) is 4. The molecule has 1 fully saturated rings. The molecule has 4 heteroatoms. The van der Waals surface area contributed by atoms with Crippen LogP contribution in [0.15, 0.2) is 4.52 Å². The van der Waals surface area contributed by atoms with E-state index < -0.39 is 0 Å². The Bertz CT molecular complexity index is 394. The molecule has 0 saturated carbocycles. The molecule has 1 aliphatic rings. The molecule has 102 valence electrons. The smallest absolute Gasteiger partial charge is 0.243 e. The van der Waals surface area contributed by atoms with E-state index in [2.05, 4.69) is 49.7 Å². The molecule has 2 rings (SSSR count). The van der Waals surface area contributed by atoms with Crippen LogP contribution in [0.25, 0.3) is 0 Å². The molecule has 0 amide bonds. The zero-order valence-electron chi connectivity index (χ0n) is 12.2. The number of nitrogens with zero attached hydrogens (tertiary/aromatic N) is 3. The van der Waals surface area contributed by atoms with Gasteiger partial charge in [0.1, 0.15) is 0 Å². The molecule has 1 saturated heterocycles. The number of likely N-dealkylation sites (tertiary alicyclic amines) is 1. The van der Waals surface area contributed by atoms with Crippen molar-refractivity contribution in [1.29, 1.82) is 0 Å². The van der Waals surface area contributed by atoms with Gasteiger partial charge in [0.15, 0.2) is 5.82 Å². The maximum atomic E-state index is 5.44. The number of rotatable bonds is 2. The largest absolute Gasteiger partial charge is 0.338 e. The van der Waals surface area contributed by atoms with Crippen LogP contribution in [0.4, 0.5) is 0 Å². The molecular weight excluding hydrogens is 226 g/mol. The number of piperidine rings is 1. The Hall–Kier alpha value is -0.900. The normalized spacial score (nSPS) is 24.2. The Labute approximate surface area is 110 Å². The zero-order valence-corrected chi connectivity index (χ0v) is 12.2. The van der Waals surface area contributed by atoms with E-state index in [0.29, 0.717) is 0 Å². The highest BCUT2D eigenvalue weighted by Crippen LogP contribution is 2.27. The van der Waals surface area contributed by atoms with Crippen LogP contribution >= 0.6 is 0 Å². The highest BCUT2D eigenvalue weighted by atomic mass is 16.5. The summed E-state index contributed by atoms with van der Waals surface area (Å²) in [6, 6.07) is 0.233. The van der Waals surface area contributed by atoms with Crippen molar-refractivity contribution in [1.82, 2.24) is 15.0 Å². The molecule has 0 aliphatic carbocycles. The second-order valence-corrected chi connectivity index (χ2v) is 6.62. The van der Waals surface area contributed by atoms with Crippen molar-refractivity contribution in [2.75, 3.05) is 13.1 Å². The Morgan fingerprint density at radius 1 is 1.39 bits per heavy atom. The summed E-state index contributed by atoms with van der Waals surface area (Å²) in [6.07, 6.45) is 2.60. The molecule has 0 aromatic carbocycles. The van der Waals surface area contributed by atoms with Crippen molar-refractivity contribution >= 4 is 0 Å². The molecule has 18 heavy (non-hydrogen) atoms. The van der Waals surface area contributed by atoms with Crippen molar-refractivity contribution in [3.63, 3.8) is 0 Å². The van der Waals surface area contributed by atoms with Gasteiger partial charge in [0.2, 0.25) is 5.89 Å². The first kappa shape index (κ1) is 13.5. The molecule has 2 heterocycles. The molecule has 0 radical (unpaired) electrons. The van der Waals surface area contributed by atoms with Gasteiger partial charge in [-0.2, -0.15) is 4.98 Å². The number of aromatic nitrogens is 2. The minimum absolute atomic E-state index is 0.0450. The fraction of sp³-hybridized carbons (Fsp3) is 0.857. The van der Waals surface area contributed by atoms with Gasteiger partial charge in [-0.1, -0.05) is 32.9 Å². The molecular formula is C14H25N3O. The summed E-state index contributed by atoms with van der Waals surface area (Å²) in [6.45, 7) is 13.1. The molecule has 1 aromatic heterocycles. The first-order valence-electron chi connectivity index (χ1n) is 6.96. The fourth-order valence-corrected chi connectivity index (χ4v) is 2.44. The van der Waals surface area contributed by atoms with E-state index in [0.717, 1.165) is 30.7 Å². The van der Waals surface area contributed by atoms with E-state index in [1.807, 2.05) is 0 Å². The lowest BCUT2D eigenvalue weighted by molar-refractivity contribution is 0.117. The second-order valence-electron chi connectivity index (χ2n) is 6.62. The van der Waals surface area contributed by atoms with Crippen LogP contribution in [-0.4, -0.2) is 28.1 Å². The summed E-state index contributed by atoms with van der Waals surface area (Å²) in [5, 5.41) is 4.11. The monoisotopic (exact) mass is 251 g/mol. The van der Waals surface area contributed by atoms with Crippen LogP contribution < -0.4 is 0 Å². The van der Waals surface area contributed by atoms with Crippen LogP contribution in [0.2, 0.25) is 0 Å². The molecule has 1 aromatic rings. The lowest BCUT2D eigenvalue weighted by Gasteiger charge is -2.33. The van der Waals surface area contributed by atoms with E-state index in [4.69, 9.17) is 4.52 Å². The standard InChI is InChI=1S/C14H25N3O/c1-10-7-6-8-17(9-10)11(2)12-15-13(16-18-12)14(3,4)5/h10-11H,6-9H2,1-5H3. The summed E-state index contributed by atoms with van der Waals surface area (Å²) >= 11 is 0. The summed E-state index contributed by atoms with van der Waals surface area (Å²) in [4.78, 5) is 7.01. The average molecular weight is 251 g/mol. The molecule has 2 unspecified atom stereocenters. The van der Waals surface area contributed by atoms with Crippen molar-refractivity contribution in [3.8, 4) is 0 Å². The SMILES string of the molecule is CC1CCCN(C(C)c2nc(C(C)(C)C)no2)C1. The van der Waals surface area contributed by atoms with Crippen LogP contribution in [0.3, 0.4) is 0 Å². The summed E-state index contributed by atoms with van der Waals surface area (Å²) in [5.74, 6) is 2.33. The van der Waals surface area contributed by atoms with Crippen molar-refractivity contribution in [3.05, 3.63) is 11.7 Å². The predicted molar refractivity (Wildman–Crippen MR) is 71.4 cm³/mol. The maximum Gasteiger partial charge on any atom is 0.243 e. The van der Waals surface area contributed by atoms with Gasteiger partial charge < -0.3 is 4.52 Å². The quantitative estimate of drug-likeness (QED) is 0.809. The average Bonchev–Trinajstić information content (AvgIpc) is 2.77. The van der Waals surface area contributed by atoms with E-state index in [1.54, 1.807) is 0 Å². The zero-order chi connectivity index (χ0) is 13.3. The van der Waals surface area contributed by atoms with E-state index in [9.17, 15) is 0 Å². The highest BCUT2D eigenvalue weighted by molar-refractivity contribution is 5.02. The van der Waals surface area contributed by atoms with Gasteiger partial charge in [-0.25, -0.2) is 0 Å². The van der Waals surface area contributed by atoms with Crippen LogP contribution in [0.1, 0.15) is 65.2 Å². The van der Waals surface area contributed by atoms with Gasteiger partial charge in [0.05, 0.1) is 6.04 Å². The molecule has 0 bridgehead atoms. The van der Waals surface area contributed by atoms with E-state index in [1.165, 1.54) is 12.8 Å². The summed E-state index contributed by atoms with van der Waals surface area (Å²) < 4.78 is 5.44. The molecule has 2 atom stereocenters. The van der Waals surface area contributed by atoms with Crippen LogP contribution in [0, 0.1) is 5.92 Å². The first-order valence-corrected chi connectivity index (χ1v) is 6.96. The predicted octanol–water partition coefficient (Wildman–Crippen LogP) is 3.16. The lowest BCUT2D eigenvalue weighted by Crippen LogP contribution is -2.36. The first-order chi connectivity index (χ1) is 8.38.